The summed E-state index contributed by atoms with van der Waals surface area (Å²) in [6.45, 7) is 0.769. The van der Waals surface area contributed by atoms with Gasteiger partial charge in [0.2, 0.25) is 6.79 Å². The van der Waals surface area contributed by atoms with E-state index in [-0.39, 0.29) is 12.7 Å². The number of methoxy groups -OCH3 is 1. The highest BCUT2D eigenvalue weighted by molar-refractivity contribution is 9.10. The molecule has 0 bridgehead atoms. The van der Waals surface area contributed by atoms with Gasteiger partial charge in [0.15, 0.2) is 11.5 Å². The molecule has 1 aliphatic rings. The molecule has 110 valence electrons. The van der Waals surface area contributed by atoms with Gasteiger partial charge in [-0.15, -0.1) is 0 Å². The Morgan fingerprint density at radius 3 is 2.48 bits per heavy atom. The minimum atomic E-state index is 0.0831. The number of hydrogen-bond donors (Lipinski definition) is 1. The SMILES string of the molecule is COc1ccc(C(CN)c2cc3c(cc2Br)OCO3)cc1. The first kappa shape index (κ1) is 14.2. The highest BCUT2D eigenvalue weighted by atomic mass is 79.9. The van der Waals surface area contributed by atoms with Crippen molar-refractivity contribution in [2.45, 2.75) is 5.92 Å². The molecule has 5 heteroatoms. The number of ether oxygens (including phenoxy) is 3. The number of nitrogens with two attached hydrogens (primary N) is 1. The lowest BCUT2D eigenvalue weighted by molar-refractivity contribution is 0.174. The second-order valence-corrected chi connectivity index (χ2v) is 5.64. The maximum absolute atomic E-state index is 6.00. The zero-order chi connectivity index (χ0) is 14.8. The van der Waals surface area contributed by atoms with Crippen molar-refractivity contribution < 1.29 is 14.2 Å². The number of fused-ring (bicyclic) bond motifs is 1. The lowest BCUT2D eigenvalue weighted by Crippen LogP contribution is -2.14. The van der Waals surface area contributed by atoms with Crippen LogP contribution >= 0.6 is 15.9 Å². The summed E-state index contributed by atoms with van der Waals surface area (Å²) in [5, 5.41) is 0. The third-order valence-corrected chi connectivity index (χ3v) is 4.31. The van der Waals surface area contributed by atoms with Gasteiger partial charge in [0, 0.05) is 16.9 Å². The maximum Gasteiger partial charge on any atom is 0.231 e. The number of rotatable bonds is 4. The minimum Gasteiger partial charge on any atom is -0.497 e. The lowest BCUT2D eigenvalue weighted by atomic mass is 9.91. The molecule has 0 fully saturated rings. The fraction of sp³-hybridized carbons (Fsp3) is 0.250. The van der Waals surface area contributed by atoms with Crippen LogP contribution in [0.2, 0.25) is 0 Å². The maximum atomic E-state index is 6.00. The van der Waals surface area contributed by atoms with E-state index in [2.05, 4.69) is 15.9 Å². The van der Waals surface area contributed by atoms with Gasteiger partial charge in [0.05, 0.1) is 7.11 Å². The summed E-state index contributed by atoms with van der Waals surface area (Å²) < 4.78 is 17.0. The second kappa shape index (κ2) is 5.95. The molecule has 0 saturated carbocycles. The molecule has 1 heterocycles. The van der Waals surface area contributed by atoms with Gasteiger partial charge in [0.25, 0.3) is 0 Å². The van der Waals surface area contributed by atoms with Crippen LogP contribution in [-0.2, 0) is 0 Å². The van der Waals surface area contributed by atoms with Crippen molar-refractivity contribution in [1.82, 2.24) is 0 Å². The van der Waals surface area contributed by atoms with Crippen LogP contribution in [0.25, 0.3) is 0 Å². The van der Waals surface area contributed by atoms with Gasteiger partial charge in [-0.1, -0.05) is 28.1 Å². The zero-order valence-electron chi connectivity index (χ0n) is 11.6. The second-order valence-electron chi connectivity index (χ2n) is 4.79. The summed E-state index contributed by atoms with van der Waals surface area (Å²) in [6, 6.07) is 11.9. The Balaban J connectivity index is 1.99. The first-order valence-electron chi connectivity index (χ1n) is 6.66. The average molecular weight is 350 g/mol. The van der Waals surface area contributed by atoms with Gasteiger partial charge in [-0.3, -0.25) is 0 Å². The van der Waals surface area contributed by atoms with Crippen LogP contribution in [0.5, 0.6) is 17.2 Å². The Bertz CT molecular complexity index is 643. The summed E-state index contributed by atoms with van der Waals surface area (Å²) in [6.07, 6.45) is 0. The molecule has 0 saturated heterocycles. The Hall–Kier alpha value is -1.72. The van der Waals surface area contributed by atoms with Crippen LogP contribution in [0.1, 0.15) is 17.0 Å². The standard InChI is InChI=1S/C16H16BrNO3/c1-19-11-4-2-10(3-5-11)13(8-18)12-6-15-16(7-14(12)17)21-9-20-15/h2-7,13H,8-9,18H2,1H3. The summed E-state index contributed by atoms with van der Waals surface area (Å²) in [5.74, 6) is 2.44. The number of benzene rings is 2. The molecule has 1 atom stereocenters. The molecule has 0 spiro atoms. The molecule has 0 radical (unpaired) electrons. The quantitative estimate of drug-likeness (QED) is 0.920. The monoisotopic (exact) mass is 349 g/mol. The summed E-state index contributed by atoms with van der Waals surface area (Å²) >= 11 is 3.60. The number of halogens is 1. The predicted octanol–water partition coefficient (Wildman–Crippen LogP) is 3.28. The highest BCUT2D eigenvalue weighted by Crippen LogP contribution is 2.41. The molecule has 2 aromatic carbocycles. The van der Waals surface area contributed by atoms with E-state index < -0.39 is 0 Å². The third-order valence-electron chi connectivity index (χ3n) is 3.62. The Morgan fingerprint density at radius 1 is 1.19 bits per heavy atom. The van der Waals surface area contributed by atoms with Crippen molar-refractivity contribution in [3.63, 3.8) is 0 Å². The van der Waals surface area contributed by atoms with Crippen molar-refractivity contribution >= 4 is 15.9 Å². The molecule has 21 heavy (non-hydrogen) atoms. The van der Waals surface area contributed by atoms with Crippen LogP contribution in [-0.4, -0.2) is 20.4 Å². The van der Waals surface area contributed by atoms with E-state index in [0.717, 1.165) is 32.8 Å². The van der Waals surface area contributed by atoms with Crippen molar-refractivity contribution in [3.8, 4) is 17.2 Å². The third kappa shape index (κ3) is 2.71. The molecule has 2 aromatic rings. The molecule has 0 aromatic heterocycles. The van der Waals surface area contributed by atoms with Crippen molar-refractivity contribution in [1.29, 1.82) is 0 Å². The summed E-state index contributed by atoms with van der Waals surface area (Å²) in [5.41, 5.74) is 8.22. The topological polar surface area (TPSA) is 53.7 Å². The zero-order valence-corrected chi connectivity index (χ0v) is 13.2. The highest BCUT2D eigenvalue weighted by Gasteiger charge is 2.21. The first-order chi connectivity index (χ1) is 10.2. The average Bonchev–Trinajstić information content (AvgIpc) is 2.96. The largest absolute Gasteiger partial charge is 0.497 e. The van der Waals surface area contributed by atoms with Crippen LogP contribution in [0.3, 0.4) is 0 Å². The van der Waals surface area contributed by atoms with Crippen molar-refractivity contribution in [2.24, 2.45) is 5.73 Å². The predicted molar refractivity (Wildman–Crippen MR) is 84.2 cm³/mol. The molecule has 1 unspecified atom stereocenters. The van der Waals surface area contributed by atoms with E-state index in [1.54, 1.807) is 7.11 Å². The molecule has 0 aliphatic carbocycles. The van der Waals surface area contributed by atoms with Crippen LogP contribution < -0.4 is 19.9 Å². The van der Waals surface area contributed by atoms with Gasteiger partial charge < -0.3 is 19.9 Å². The van der Waals surface area contributed by atoms with Crippen molar-refractivity contribution in [2.75, 3.05) is 20.4 Å². The molecule has 3 rings (SSSR count). The van der Waals surface area contributed by atoms with E-state index in [0.29, 0.717) is 6.54 Å². The normalized spacial score (nSPS) is 14.0. The van der Waals surface area contributed by atoms with Crippen LogP contribution in [0, 0.1) is 0 Å². The van der Waals surface area contributed by atoms with E-state index in [9.17, 15) is 0 Å². The van der Waals surface area contributed by atoms with Gasteiger partial charge in [0.1, 0.15) is 5.75 Å². The lowest BCUT2D eigenvalue weighted by Gasteiger charge is -2.18. The van der Waals surface area contributed by atoms with E-state index >= 15 is 0 Å². The summed E-state index contributed by atoms with van der Waals surface area (Å²) in [4.78, 5) is 0. The smallest absolute Gasteiger partial charge is 0.231 e. The molecule has 4 nitrogen and oxygen atoms in total. The Morgan fingerprint density at radius 2 is 1.86 bits per heavy atom. The van der Waals surface area contributed by atoms with Gasteiger partial charge >= 0.3 is 0 Å². The minimum absolute atomic E-state index is 0.0831. The fourth-order valence-corrected chi connectivity index (χ4v) is 3.08. The summed E-state index contributed by atoms with van der Waals surface area (Å²) in [7, 11) is 1.66. The fourth-order valence-electron chi connectivity index (χ4n) is 2.48. The van der Waals surface area contributed by atoms with Gasteiger partial charge in [-0.2, -0.15) is 0 Å². The Kier molecular flexibility index (Phi) is 4.03. The van der Waals surface area contributed by atoms with Gasteiger partial charge in [-0.25, -0.2) is 0 Å². The Labute approximate surface area is 131 Å². The number of hydrogen-bond acceptors (Lipinski definition) is 4. The van der Waals surface area contributed by atoms with Gasteiger partial charge in [-0.05, 0) is 35.4 Å². The van der Waals surface area contributed by atoms with Crippen LogP contribution in [0.4, 0.5) is 0 Å². The molecular formula is C16H16BrNO3. The van der Waals surface area contributed by atoms with E-state index in [1.807, 2.05) is 36.4 Å². The van der Waals surface area contributed by atoms with E-state index in [4.69, 9.17) is 19.9 Å². The molecular weight excluding hydrogens is 334 g/mol. The molecule has 0 amide bonds. The molecule has 2 N–H and O–H groups in total. The molecule has 1 aliphatic heterocycles. The first-order valence-corrected chi connectivity index (χ1v) is 7.45. The van der Waals surface area contributed by atoms with E-state index in [1.165, 1.54) is 0 Å². The van der Waals surface area contributed by atoms with Crippen molar-refractivity contribution in [3.05, 3.63) is 52.0 Å². The van der Waals surface area contributed by atoms with Crippen LogP contribution in [0.15, 0.2) is 40.9 Å².